The maximum absolute atomic E-state index is 12.9. The molecule has 0 aliphatic heterocycles. The summed E-state index contributed by atoms with van der Waals surface area (Å²) in [5.41, 5.74) is 0. The molecule has 0 bridgehead atoms. The Kier molecular flexibility index (Phi) is 5.44. The molecule has 3 nitrogen and oxygen atoms in total. The highest BCUT2D eigenvalue weighted by atomic mass is 19.4. The fraction of sp³-hybridized carbons (Fsp3) is 0.917. The van der Waals surface area contributed by atoms with Crippen molar-refractivity contribution in [3.05, 3.63) is 0 Å². The van der Waals surface area contributed by atoms with Gasteiger partial charge in [0.15, 0.2) is 0 Å². The Bertz CT molecular complexity index is 281. The van der Waals surface area contributed by atoms with E-state index in [1.165, 1.54) is 0 Å². The molecule has 1 aliphatic carbocycles. The first-order chi connectivity index (χ1) is 8.36. The molecule has 18 heavy (non-hydrogen) atoms. The van der Waals surface area contributed by atoms with E-state index in [0.29, 0.717) is 19.4 Å². The Labute approximate surface area is 106 Å². The molecular weight excluding hydrogens is 245 g/mol. The number of alkyl halides is 3. The van der Waals surface area contributed by atoms with Crippen molar-refractivity contribution in [1.29, 1.82) is 0 Å². The first kappa shape index (κ1) is 15.3. The summed E-state index contributed by atoms with van der Waals surface area (Å²) in [7, 11) is 0. The molecule has 0 aromatic heterocycles. The third-order valence-corrected chi connectivity index (χ3v) is 3.39. The van der Waals surface area contributed by atoms with Crippen LogP contribution in [-0.4, -0.2) is 30.7 Å². The second-order valence-electron chi connectivity index (χ2n) is 4.82. The molecule has 1 rings (SSSR count). The average Bonchev–Trinajstić information content (AvgIpc) is 2.28. The van der Waals surface area contributed by atoms with Crippen molar-refractivity contribution in [2.24, 2.45) is 5.92 Å². The van der Waals surface area contributed by atoms with E-state index in [2.05, 4.69) is 10.6 Å². The van der Waals surface area contributed by atoms with Crippen molar-refractivity contribution in [3.8, 4) is 0 Å². The number of carbonyl (C=O) groups excluding carboxylic acids is 1. The van der Waals surface area contributed by atoms with Crippen LogP contribution in [0.3, 0.4) is 0 Å². The van der Waals surface area contributed by atoms with Crippen molar-refractivity contribution in [1.82, 2.24) is 10.6 Å². The molecule has 3 unspecified atom stereocenters. The van der Waals surface area contributed by atoms with Crippen molar-refractivity contribution in [2.45, 2.75) is 57.8 Å². The van der Waals surface area contributed by atoms with E-state index in [1.807, 2.05) is 0 Å². The number of hydrogen-bond donors (Lipinski definition) is 2. The van der Waals surface area contributed by atoms with Gasteiger partial charge in [0.2, 0.25) is 5.91 Å². The van der Waals surface area contributed by atoms with Crippen LogP contribution in [0.1, 0.15) is 39.5 Å². The number of amides is 1. The van der Waals surface area contributed by atoms with Gasteiger partial charge in [-0.25, -0.2) is 0 Å². The molecule has 0 heterocycles. The van der Waals surface area contributed by atoms with Gasteiger partial charge in [-0.15, -0.1) is 0 Å². The van der Waals surface area contributed by atoms with Gasteiger partial charge < -0.3 is 10.6 Å². The molecular formula is C12H21F3N2O. The van der Waals surface area contributed by atoms with E-state index in [1.54, 1.807) is 13.8 Å². The minimum absolute atomic E-state index is 0.156. The van der Waals surface area contributed by atoms with Crippen LogP contribution in [0.25, 0.3) is 0 Å². The van der Waals surface area contributed by atoms with Gasteiger partial charge in [-0.05, 0) is 26.7 Å². The number of likely N-dealkylation sites (N-methyl/N-ethyl adjacent to an activating group) is 1. The topological polar surface area (TPSA) is 41.1 Å². The highest BCUT2D eigenvalue weighted by Crippen LogP contribution is 2.37. The van der Waals surface area contributed by atoms with Gasteiger partial charge >= 0.3 is 6.18 Å². The van der Waals surface area contributed by atoms with Crippen LogP contribution in [0.2, 0.25) is 0 Å². The lowest BCUT2D eigenvalue weighted by atomic mass is 9.83. The zero-order chi connectivity index (χ0) is 13.8. The third kappa shape index (κ3) is 4.15. The number of hydrogen-bond acceptors (Lipinski definition) is 2. The number of halogens is 3. The van der Waals surface area contributed by atoms with Crippen LogP contribution in [-0.2, 0) is 4.79 Å². The SMILES string of the molecule is CCNC(=O)C(C)NC1CCCCC1C(F)(F)F. The number of carbonyl (C=O) groups is 1. The highest BCUT2D eigenvalue weighted by molar-refractivity contribution is 5.81. The van der Waals surface area contributed by atoms with Crippen LogP contribution in [0.4, 0.5) is 13.2 Å². The summed E-state index contributed by atoms with van der Waals surface area (Å²) in [6.45, 7) is 3.87. The summed E-state index contributed by atoms with van der Waals surface area (Å²) in [5.74, 6) is -1.58. The van der Waals surface area contributed by atoms with E-state index in [9.17, 15) is 18.0 Å². The molecule has 0 spiro atoms. The van der Waals surface area contributed by atoms with Crippen LogP contribution in [0.15, 0.2) is 0 Å². The summed E-state index contributed by atoms with van der Waals surface area (Å²) in [4.78, 5) is 11.5. The van der Waals surface area contributed by atoms with E-state index in [4.69, 9.17) is 0 Å². The van der Waals surface area contributed by atoms with Crippen molar-refractivity contribution >= 4 is 5.91 Å². The Morgan fingerprint density at radius 3 is 2.50 bits per heavy atom. The lowest BCUT2D eigenvalue weighted by Crippen LogP contribution is -2.52. The van der Waals surface area contributed by atoms with Gasteiger partial charge in [-0.2, -0.15) is 13.2 Å². The fourth-order valence-electron chi connectivity index (χ4n) is 2.45. The second kappa shape index (κ2) is 6.41. The predicted molar refractivity (Wildman–Crippen MR) is 63.1 cm³/mol. The Balaban J connectivity index is 2.59. The molecule has 1 amide bonds. The van der Waals surface area contributed by atoms with Crippen molar-refractivity contribution in [2.75, 3.05) is 6.54 Å². The van der Waals surface area contributed by atoms with Gasteiger partial charge in [0.1, 0.15) is 0 Å². The monoisotopic (exact) mass is 266 g/mol. The van der Waals surface area contributed by atoms with E-state index >= 15 is 0 Å². The summed E-state index contributed by atoms with van der Waals surface area (Å²) < 4.78 is 38.6. The van der Waals surface area contributed by atoms with E-state index in [-0.39, 0.29) is 12.3 Å². The van der Waals surface area contributed by atoms with Crippen LogP contribution in [0.5, 0.6) is 0 Å². The first-order valence-electron chi connectivity index (χ1n) is 6.46. The first-order valence-corrected chi connectivity index (χ1v) is 6.46. The molecule has 0 radical (unpaired) electrons. The van der Waals surface area contributed by atoms with Crippen LogP contribution < -0.4 is 10.6 Å². The van der Waals surface area contributed by atoms with Gasteiger partial charge in [-0.1, -0.05) is 12.8 Å². The summed E-state index contributed by atoms with van der Waals surface area (Å²) in [6.07, 6.45) is -2.15. The quantitative estimate of drug-likeness (QED) is 0.819. The standard InChI is InChI=1S/C12H21F3N2O/c1-3-16-11(18)8(2)17-10-7-5-4-6-9(10)12(13,14)15/h8-10,17H,3-7H2,1-2H3,(H,16,18). The molecule has 3 atom stereocenters. The van der Waals surface area contributed by atoms with E-state index in [0.717, 1.165) is 6.42 Å². The minimum Gasteiger partial charge on any atom is -0.355 e. The zero-order valence-corrected chi connectivity index (χ0v) is 10.8. The molecule has 1 fully saturated rings. The number of nitrogens with one attached hydrogen (secondary N) is 2. The molecule has 0 saturated heterocycles. The van der Waals surface area contributed by atoms with Crippen molar-refractivity contribution in [3.63, 3.8) is 0 Å². The fourth-order valence-corrected chi connectivity index (χ4v) is 2.45. The van der Waals surface area contributed by atoms with Gasteiger partial charge in [0.05, 0.1) is 12.0 Å². The van der Waals surface area contributed by atoms with Crippen LogP contribution in [0, 0.1) is 5.92 Å². The predicted octanol–water partition coefficient (Wildman–Crippen LogP) is 2.22. The summed E-state index contributed by atoms with van der Waals surface area (Å²) >= 11 is 0. The van der Waals surface area contributed by atoms with Gasteiger partial charge in [0, 0.05) is 12.6 Å². The zero-order valence-electron chi connectivity index (χ0n) is 10.8. The summed E-state index contributed by atoms with van der Waals surface area (Å²) in [5, 5.41) is 5.43. The average molecular weight is 266 g/mol. The molecule has 1 saturated carbocycles. The maximum atomic E-state index is 12.9. The number of rotatable bonds is 4. The Hall–Kier alpha value is -0.780. The Morgan fingerprint density at radius 2 is 1.94 bits per heavy atom. The largest absolute Gasteiger partial charge is 0.393 e. The lowest BCUT2D eigenvalue weighted by Gasteiger charge is -2.35. The smallest absolute Gasteiger partial charge is 0.355 e. The van der Waals surface area contributed by atoms with Gasteiger partial charge in [0.25, 0.3) is 0 Å². The maximum Gasteiger partial charge on any atom is 0.393 e. The lowest BCUT2D eigenvalue weighted by molar-refractivity contribution is -0.189. The molecule has 0 aromatic carbocycles. The summed E-state index contributed by atoms with van der Waals surface area (Å²) in [6, 6.07) is -1.23. The second-order valence-corrected chi connectivity index (χ2v) is 4.82. The third-order valence-electron chi connectivity index (χ3n) is 3.39. The highest BCUT2D eigenvalue weighted by Gasteiger charge is 2.45. The molecule has 6 heteroatoms. The Morgan fingerprint density at radius 1 is 1.33 bits per heavy atom. The minimum atomic E-state index is -4.18. The normalized spacial score (nSPS) is 26.7. The molecule has 1 aliphatic rings. The van der Waals surface area contributed by atoms with Gasteiger partial charge in [-0.3, -0.25) is 4.79 Å². The molecule has 2 N–H and O–H groups in total. The molecule has 0 aromatic rings. The van der Waals surface area contributed by atoms with Crippen molar-refractivity contribution < 1.29 is 18.0 Å². The van der Waals surface area contributed by atoms with E-state index < -0.39 is 24.2 Å². The molecule has 106 valence electrons. The van der Waals surface area contributed by atoms with Crippen LogP contribution >= 0.6 is 0 Å².